The molecule has 0 aliphatic heterocycles. The molecular formula is C5HF9NO. The summed E-state index contributed by atoms with van der Waals surface area (Å²) >= 11 is 0. The lowest BCUT2D eigenvalue weighted by atomic mass is 9.95. The highest BCUT2D eigenvalue weighted by Crippen LogP contribution is 2.52. The van der Waals surface area contributed by atoms with Crippen LogP contribution in [0, 0.1) is 0 Å². The largest absolute Gasteiger partial charge is 0.457 e. The van der Waals surface area contributed by atoms with Gasteiger partial charge in [0.1, 0.15) is 0 Å². The molecule has 0 aliphatic rings. The van der Waals surface area contributed by atoms with E-state index in [2.05, 4.69) is 0 Å². The van der Waals surface area contributed by atoms with Gasteiger partial charge in [-0.15, -0.1) is 0 Å². The van der Waals surface area contributed by atoms with E-state index in [4.69, 9.17) is 5.73 Å². The highest BCUT2D eigenvalue weighted by molar-refractivity contribution is 5.85. The van der Waals surface area contributed by atoms with Crippen LogP contribution in [0.1, 0.15) is 0 Å². The lowest BCUT2D eigenvalue weighted by Crippen LogP contribution is -2.66. The van der Waals surface area contributed by atoms with Crippen molar-refractivity contribution in [1.82, 2.24) is 5.73 Å². The summed E-state index contributed by atoms with van der Waals surface area (Å²) in [6.45, 7) is 0. The number of halogens is 9. The van der Waals surface area contributed by atoms with Crippen molar-refractivity contribution in [3.8, 4) is 0 Å². The highest BCUT2D eigenvalue weighted by Gasteiger charge is 2.84. The molecule has 1 unspecified atom stereocenters. The quantitative estimate of drug-likeness (QED) is 0.703. The zero-order valence-corrected chi connectivity index (χ0v) is 6.81. The van der Waals surface area contributed by atoms with Crippen molar-refractivity contribution in [1.29, 1.82) is 0 Å². The van der Waals surface area contributed by atoms with E-state index in [0.717, 1.165) is 0 Å². The zero-order chi connectivity index (χ0) is 13.6. The van der Waals surface area contributed by atoms with Gasteiger partial charge in [0.25, 0.3) is 5.91 Å². The first kappa shape index (κ1) is 14.8. The molecule has 0 saturated carbocycles. The predicted molar refractivity (Wildman–Crippen MR) is 29.0 cm³/mol. The van der Waals surface area contributed by atoms with E-state index in [1.165, 1.54) is 0 Å². The lowest BCUT2D eigenvalue weighted by Gasteiger charge is -2.32. The normalized spacial score (nSPS) is 18.1. The van der Waals surface area contributed by atoms with Gasteiger partial charge in [0.05, 0.1) is 0 Å². The van der Waals surface area contributed by atoms with Crippen LogP contribution in [0.25, 0.3) is 0 Å². The first-order valence-electron chi connectivity index (χ1n) is 3.15. The average Bonchev–Trinajstić information content (AvgIpc) is 1.97. The van der Waals surface area contributed by atoms with Gasteiger partial charge in [0, 0.05) is 0 Å². The molecule has 1 atom stereocenters. The van der Waals surface area contributed by atoms with Gasteiger partial charge < -0.3 is 0 Å². The molecule has 11 heteroatoms. The molecule has 0 aromatic rings. The summed E-state index contributed by atoms with van der Waals surface area (Å²) in [5.74, 6) is -10.8. The maximum absolute atomic E-state index is 12.6. The summed E-state index contributed by atoms with van der Waals surface area (Å²) in [6.07, 6.45) is -13.8. The molecule has 0 aromatic heterocycles. The Hall–Kier alpha value is -1.16. The number of alkyl halides is 9. The third-order valence-electron chi connectivity index (χ3n) is 1.49. The Morgan fingerprint density at radius 3 is 1.12 bits per heavy atom. The van der Waals surface area contributed by atoms with Crippen LogP contribution >= 0.6 is 0 Å². The van der Waals surface area contributed by atoms with Gasteiger partial charge in [-0.05, 0) is 0 Å². The van der Waals surface area contributed by atoms with Crippen molar-refractivity contribution in [2.75, 3.05) is 0 Å². The summed E-state index contributed by atoms with van der Waals surface area (Å²) < 4.78 is 106. The van der Waals surface area contributed by atoms with Crippen LogP contribution < -0.4 is 5.73 Å². The number of carbonyl (C=O) groups is 1. The average molecular weight is 262 g/mol. The van der Waals surface area contributed by atoms with Gasteiger partial charge in [-0.3, -0.25) is 10.5 Å². The van der Waals surface area contributed by atoms with Crippen molar-refractivity contribution < 1.29 is 44.3 Å². The molecule has 1 N–H and O–H groups in total. The minimum absolute atomic E-state index is 3.72. The Labute approximate surface area is 81.2 Å². The fourth-order valence-corrected chi connectivity index (χ4v) is 0.645. The summed E-state index contributed by atoms with van der Waals surface area (Å²) in [5.41, 5.74) is -1.00. The summed E-state index contributed by atoms with van der Waals surface area (Å²) in [6, 6.07) is 0. The van der Waals surface area contributed by atoms with Gasteiger partial charge in [-0.2, -0.15) is 35.1 Å². The Morgan fingerprint density at radius 2 is 1.06 bits per heavy atom. The monoisotopic (exact) mass is 262 g/mol. The third kappa shape index (κ3) is 1.78. The Bertz CT molecular complexity index is 291. The molecule has 0 saturated heterocycles. The van der Waals surface area contributed by atoms with Crippen molar-refractivity contribution in [3.63, 3.8) is 0 Å². The number of amides is 1. The molecule has 0 rings (SSSR count). The minimum atomic E-state index is -7.03. The first-order valence-corrected chi connectivity index (χ1v) is 3.15. The molecule has 2 nitrogen and oxygen atoms in total. The van der Waals surface area contributed by atoms with E-state index in [1.807, 2.05) is 0 Å². The van der Waals surface area contributed by atoms with Crippen molar-refractivity contribution in [2.45, 2.75) is 23.9 Å². The topological polar surface area (TPSA) is 40.9 Å². The van der Waals surface area contributed by atoms with E-state index in [1.54, 1.807) is 0 Å². The molecule has 16 heavy (non-hydrogen) atoms. The fourth-order valence-electron chi connectivity index (χ4n) is 0.645. The van der Waals surface area contributed by atoms with Crippen LogP contribution in [0.2, 0.25) is 0 Å². The standard InChI is InChI=1S/C5HF9NO/c6-2(1(15)16,4(9,10)11)3(7,8)5(12,13)14/h15H. The third-order valence-corrected chi connectivity index (χ3v) is 1.49. The highest BCUT2D eigenvalue weighted by atomic mass is 19.4. The zero-order valence-electron chi connectivity index (χ0n) is 6.81. The Morgan fingerprint density at radius 1 is 0.750 bits per heavy atom. The van der Waals surface area contributed by atoms with Gasteiger partial charge >= 0.3 is 23.9 Å². The van der Waals surface area contributed by atoms with Gasteiger partial charge in [-0.25, -0.2) is 4.39 Å². The lowest BCUT2D eigenvalue weighted by molar-refractivity contribution is -0.370. The maximum atomic E-state index is 12.6. The molecule has 0 aliphatic carbocycles. The van der Waals surface area contributed by atoms with Crippen LogP contribution in [-0.4, -0.2) is 29.9 Å². The summed E-state index contributed by atoms with van der Waals surface area (Å²) in [5, 5.41) is 0. The van der Waals surface area contributed by atoms with E-state index in [9.17, 15) is 44.3 Å². The number of hydrogen-bond acceptors (Lipinski definition) is 1. The fraction of sp³-hybridized carbons (Fsp3) is 0.800. The molecule has 0 spiro atoms. The first-order chi connectivity index (χ1) is 6.69. The minimum Gasteiger partial charge on any atom is -0.269 e. The van der Waals surface area contributed by atoms with Crippen LogP contribution in [0.15, 0.2) is 0 Å². The summed E-state index contributed by atoms with van der Waals surface area (Å²) in [4.78, 5) is 9.80. The Balaban J connectivity index is 5.85. The number of rotatable bonds is 2. The molecule has 1 amide bonds. The van der Waals surface area contributed by atoms with Crippen molar-refractivity contribution >= 4 is 5.91 Å². The van der Waals surface area contributed by atoms with Gasteiger partial charge in [0.2, 0.25) is 0 Å². The van der Waals surface area contributed by atoms with Crippen LogP contribution in [0.3, 0.4) is 0 Å². The second kappa shape index (κ2) is 3.42. The molecule has 1 radical (unpaired) electrons. The van der Waals surface area contributed by atoms with Crippen LogP contribution in [0.5, 0.6) is 0 Å². The number of nitrogens with one attached hydrogen (secondary N) is 1. The molecular weight excluding hydrogens is 261 g/mol. The number of carbonyl (C=O) groups excluding carboxylic acids is 1. The maximum Gasteiger partial charge on any atom is 0.457 e. The number of hydrogen-bond donors (Lipinski definition) is 0. The van der Waals surface area contributed by atoms with Crippen molar-refractivity contribution in [2.24, 2.45) is 0 Å². The second-order valence-electron chi connectivity index (χ2n) is 2.56. The molecule has 0 bridgehead atoms. The van der Waals surface area contributed by atoms with Crippen LogP contribution in [0.4, 0.5) is 39.5 Å². The van der Waals surface area contributed by atoms with E-state index < -0.39 is 29.9 Å². The Kier molecular flexibility index (Phi) is 3.17. The molecule has 0 fully saturated rings. The SMILES string of the molecule is [NH]C(=O)C(F)(C(F)(F)F)C(F)(F)C(F)(F)F. The van der Waals surface area contributed by atoms with E-state index >= 15 is 0 Å². The molecule has 0 heterocycles. The van der Waals surface area contributed by atoms with E-state index in [-0.39, 0.29) is 0 Å². The van der Waals surface area contributed by atoms with Crippen LogP contribution in [-0.2, 0) is 4.79 Å². The summed E-state index contributed by atoms with van der Waals surface area (Å²) in [7, 11) is 0. The predicted octanol–water partition coefficient (Wildman–Crippen LogP) is 2.26. The van der Waals surface area contributed by atoms with E-state index in [0.29, 0.717) is 0 Å². The van der Waals surface area contributed by atoms with Gasteiger partial charge in [0.15, 0.2) is 0 Å². The smallest absolute Gasteiger partial charge is 0.269 e. The van der Waals surface area contributed by atoms with Crippen molar-refractivity contribution in [3.05, 3.63) is 0 Å². The molecule has 0 aromatic carbocycles. The second-order valence-corrected chi connectivity index (χ2v) is 2.56. The molecule has 95 valence electrons. The van der Waals surface area contributed by atoms with Gasteiger partial charge in [-0.1, -0.05) is 0 Å².